The number of thioether (sulfide) groups is 2. The molecule has 3 rings (SSSR count). The average Bonchev–Trinajstić information content (AvgIpc) is 3.35. The summed E-state index contributed by atoms with van der Waals surface area (Å²) in [5.74, 6) is -0.0549. The number of amides is 2. The predicted molar refractivity (Wildman–Crippen MR) is 117 cm³/mol. The summed E-state index contributed by atoms with van der Waals surface area (Å²) in [6.45, 7) is 2.00. The number of thiophene rings is 1. The summed E-state index contributed by atoms with van der Waals surface area (Å²) in [6, 6.07) is 3.35. The SMILES string of the molecule is CCSc1nnc(NC(=O)CSc2nc(N)c(NC(=O)c3cccs3)c(=O)[nH]2)s1. The first-order valence-corrected chi connectivity index (χ1v) is 11.8. The molecule has 0 atom stereocenters. The van der Waals surface area contributed by atoms with Crippen molar-refractivity contribution < 1.29 is 9.59 Å². The number of nitrogens with one attached hydrogen (secondary N) is 3. The van der Waals surface area contributed by atoms with Crippen LogP contribution in [0.25, 0.3) is 0 Å². The van der Waals surface area contributed by atoms with Crippen molar-refractivity contribution in [1.82, 2.24) is 20.2 Å². The number of aromatic nitrogens is 4. The highest BCUT2D eigenvalue weighted by atomic mass is 32.2. The molecule has 3 heterocycles. The van der Waals surface area contributed by atoms with Crippen LogP contribution in [0.5, 0.6) is 0 Å². The van der Waals surface area contributed by atoms with Crippen LogP contribution in [0.4, 0.5) is 16.6 Å². The molecule has 152 valence electrons. The molecule has 3 aromatic heterocycles. The minimum Gasteiger partial charge on any atom is -0.382 e. The fourth-order valence-corrected chi connectivity index (χ4v) is 4.92. The third kappa shape index (κ3) is 5.79. The highest BCUT2D eigenvalue weighted by Gasteiger charge is 2.15. The van der Waals surface area contributed by atoms with E-state index in [-0.39, 0.29) is 28.3 Å². The van der Waals surface area contributed by atoms with Crippen molar-refractivity contribution in [3.05, 3.63) is 32.7 Å². The van der Waals surface area contributed by atoms with Crippen molar-refractivity contribution in [2.24, 2.45) is 0 Å². The normalized spacial score (nSPS) is 10.7. The van der Waals surface area contributed by atoms with E-state index in [9.17, 15) is 14.4 Å². The van der Waals surface area contributed by atoms with Crippen LogP contribution in [0.1, 0.15) is 16.6 Å². The van der Waals surface area contributed by atoms with Crippen LogP contribution in [-0.2, 0) is 4.79 Å². The van der Waals surface area contributed by atoms with Crippen molar-refractivity contribution in [2.75, 3.05) is 27.9 Å². The van der Waals surface area contributed by atoms with Crippen LogP contribution in [0.15, 0.2) is 31.8 Å². The van der Waals surface area contributed by atoms with E-state index in [0.717, 1.165) is 21.9 Å². The van der Waals surface area contributed by atoms with Gasteiger partial charge in [-0.1, -0.05) is 47.9 Å². The quantitative estimate of drug-likeness (QED) is 0.221. The molecule has 0 aromatic carbocycles. The summed E-state index contributed by atoms with van der Waals surface area (Å²) >= 11 is 5.06. The molecule has 0 aliphatic rings. The highest BCUT2D eigenvalue weighted by molar-refractivity contribution is 8.01. The summed E-state index contributed by atoms with van der Waals surface area (Å²) < 4.78 is 0.773. The zero-order valence-electron chi connectivity index (χ0n) is 14.9. The van der Waals surface area contributed by atoms with Crippen molar-refractivity contribution in [3.63, 3.8) is 0 Å². The average molecular weight is 470 g/mol. The van der Waals surface area contributed by atoms with E-state index < -0.39 is 11.5 Å². The van der Waals surface area contributed by atoms with Crippen LogP contribution >= 0.6 is 46.2 Å². The van der Waals surface area contributed by atoms with Gasteiger partial charge in [-0.05, 0) is 17.2 Å². The molecule has 5 N–H and O–H groups in total. The van der Waals surface area contributed by atoms with Gasteiger partial charge in [0.25, 0.3) is 11.5 Å². The molecule has 14 heteroatoms. The van der Waals surface area contributed by atoms with Crippen molar-refractivity contribution in [3.8, 4) is 0 Å². The summed E-state index contributed by atoms with van der Waals surface area (Å²) in [5.41, 5.74) is 5.08. The van der Waals surface area contributed by atoms with Gasteiger partial charge in [0.05, 0.1) is 10.6 Å². The molecule has 0 spiro atoms. The molecule has 0 fully saturated rings. The molecule has 29 heavy (non-hydrogen) atoms. The first-order valence-electron chi connectivity index (χ1n) is 8.10. The largest absolute Gasteiger partial charge is 0.382 e. The van der Waals surface area contributed by atoms with Crippen LogP contribution in [-0.4, -0.2) is 43.5 Å². The second-order valence-corrected chi connectivity index (χ2v) is 9.61. The first-order chi connectivity index (χ1) is 14.0. The van der Waals surface area contributed by atoms with E-state index in [1.165, 1.54) is 34.4 Å². The number of hydrogen-bond acceptors (Lipinski definition) is 11. The van der Waals surface area contributed by atoms with E-state index in [4.69, 9.17) is 5.73 Å². The number of carbonyl (C=O) groups excluding carboxylic acids is 2. The zero-order chi connectivity index (χ0) is 20.8. The molecule has 10 nitrogen and oxygen atoms in total. The van der Waals surface area contributed by atoms with E-state index in [2.05, 4.69) is 30.8 Å². The third-order valence-electron chi connectivity index (χ3n) is 3.17. The van der Waals surface area contributed by atoms with E-state index in [0.29, 0.717) is 10.0 Å². The summed E-state index contributed by atoms with van der Waals surface area (Å²) in [5, 5.41) is 15.2. The minimum absolute atomic E-state index is 0.0148. The van der Waals surface area contributed by atoms with Crippen molar-refractivity contribution in [1.29, 1.82) is 0 Å². The lowest BCUT2D eigenvalue weighted by atomic mass is 10.4. The summed E-state index contributed by atoms with van der Waals surface area (Å²) in [7, 11) is 0. The Labute approximate surface area is 181 Å². The molecular formula is C15H15N7O3S4. The molecule has 0 aliphatic heterocycles. The summed E-state index contributed by atoms with van der Waals surface area (Å²) in [4.78, 5) is 43.4. The number of anilines is 3. The number of aromatic amines is 1. The Balaban J connectivity index is 1.59. The fourth-order valence-electron chi connectivity index (χ4n) is 1.97. The second-order valence-electron chi connectivity index (χ2n) is 5.21. The smallest absolute Gasteiger partial charge is 0.277 e. The Bertz CT molecular complexity index is 1060. The Morgan fingerprint density at radius 1 is 1.28 bits per heavy atom. The molecule has 0 saturated heterocycles. The Morgan fingerprint density at radius 2 is 2.10 bits per heavy atom. The second kappa shape index (κ2) is 9.87. The lowest BCUT2D eigenvalue weighted by Crippen LogP contribution is -2.23. The van der Waals surface area contributed by atoms with Gasteiger partial charge in [-0.15, -0.1) is 21.5 Å². The third-order valence-corrected chi connectivity index (χ3v) is 6.77. The van der Waals surface area contributed by atoms with Crippen LogP contribution < -0.4 is 21.9 Å². The van der Waals surface area contributed by atoms with Crippen LogP contribution in [0, 0.1) is 0 Å². The summed E-state index contributed by atoms with van der Waals surface area (Å²) in [6.07, 6.45) is 0. The van der Waals surface area contributed by atoms with Gasteiger partial charge in [0, 0.05) is 0 Å². The standard InChI is InChI=1S/C15H15N7O3S4/c1-2-26-15-22-21-14(29-15)17-8(23)6-28-13-19-10(16)9(12(25)20-13)18-11(24)7-4-3-5-27-7/h3-5H,2,6H2,1H3,(H,18,24)(H,17,21,23)(H3,16,19,20,25). The molecule has 3 aromatic rings. The van der Waals surface area contributed by atoms with Gasteiger partial charge < -0.3 is 11.1 Å². The number of nitrogens with zero attached hydrogens (tertiary/aromatic N) is 3. The molecule has 0 radical (unpaired) electrons. The number of H-pyrrole nitrogens is 1. The van der Waals surface area contributed by atoms with E-state index in [1.54, 1.807) is 17.5 Å². The van der Waals surface area contributed by atoms with Crippen LogP contribution in [0.2, 0.25) is 0 Å². The number of nitrogens with two attached hydrogens (primary N) is 1. The molecule has 2 amide bonds. The number of rotatable bonds is 8. The van der Waals surface area contributed by atoms with Crippen molar-refractivity contribution in [2.45, 2.75) is 16.4 Å². The van der Waals surface area contributed by atoms with Crippen molar-refractivity contribution >= 4 is 74.6 Å². The maximum Gasteiger partial charge on any atom is 0.277 e. The molecular weight excluding hydrogens is 454 g/mol. The highest BCUT2D eigenvalue weighted by Crippen LogP contribution is 2.25. The van der Waals surface area contributed by atoms with Gasteiger partial charge in [-0.3, -0.25) is 24.7 Å². The van der Waals surface area contributed by atoms with Gasteiger partial charge in [-0.2, -0.15) is 0 Å². The molecule has 0 bridgehead atoms. The Hall–Kier alpha value is -2.42. The lowest BCUT2D eigenvalue weighted by Gasteiger charge is -2.07. The van der Waals surface area contributed by atoms with Crippen LogP contribution in [0.3, 0.4) is 0 Å². The maximum atomic E-state index is 12.2. The lowest BCUT2D eigenvalue weighted by molar-refractivity contribution is -0.113. The Morgan fingerprint density at radius 3 is 2.79 bits per heavy atom. The number of nitrogen functional groups attached to an aromatic ring is 1. The number of hydrogen-bond donors (Lipinski definition) is 4. The number of carbonyl (C=O) groups is 2. The van der Waals surface area contributed by atoms with Gasteiger partial charge in [0.1, 0.15) is 0 Å². The Kier molecular flexibility index (Phi) is 7.24. The first kappa shape index (κ1) is 21.3. The topological polar surface area (TPSA) is 156 Å². The van der Waals surface area contributed by atoms with E-state index >= 15 is 0 Å². The molecule has 0 aliphatic carbocycles. The fraction of sp³-hybridized carbons (Fsp3) is 0.200. The minimum atomic E-state index is -0.601. The molecule has 0 saturated carbocycles. The maximum absolute atomic E-state index is 12.2. The molecule has 0 unspecified atom stereocenters. The van der Waals surface area contributed by atoms with Gasteiger partial charge in [0.2, 0.25) is 11.0 Å². The zero-order valence-corrected chi connectivity index (χ0v) is 18.2. The van der Waals surface area contributed by atoms with Gasteiger partial charge >= 0.3 is 0 Å². The van der Waals surface area contributed by atoms with Gasteiger partial charge in [-0.25, -0.2) is 4.98 Å². The predicted octanol–water partition coefficient (Wildman–Crippen LogP) is 2.36. The van der Waals surface area contributed by atoms with Gasteiger partial charge in [0.15, 0.2) is 21.0 Å². The monoisotopic (exact) mass is 469 g/mol. The van der Waals surface area contributed by atoms with E-state index in [1.807, 2.05) is 6.92 Å².